The summed E-state index contributed by atoms with van der Waals surface area (Å²) >= 11 is 0. The molecule has 1 saturated heterocycles. The van der Waals surface area contributed by atoms with E-state index in [0.29, 0.717) is 6.10 Å². The first-order valence-electron chi connectivity index (χ1n) is 9.47. The highest BCUT2D eigenvalue weighted by Crippen LogP contribution is 2.46. The van der Waals surface area contributed by atoms with Crippen molar-refractivity contribution in [3.63, 3.8) is 0 Å². The predicted octanol–water partition coefficient (Wildman–Crippen LogP) is 5.84. The van der Waals surface area contributed by atoms with E-state index in [4.69, 9.17) is 9.47 Å². The maximum atomic E-state index is 5.78. The van der Waals surface area contributed by atoms with E-state index in [-0.39, 0.29) is 0 Å². The molecule has 4 heteroatoms. The van der Waals surface area contributed by atoms with Crippen molar-refractivity contribution >= 4 is 16.1 Å². The van der Waals surface area contributed by atoms with Crippen LogP contribution in [0, 0.1) is 0 Å². The van der Waals surface area contributed by atoms with Crippen molar-refractivity contribution in [1.29, 1.82) is 0 Å². The Morgan fingerprint density at radius 1 is 0.909 bits per heavy atom. The monoisotopic (exact) mass is 342 g/mol. The first-order chi connectivity index (χ1) is 10.6. The van der Waals surface area contributed by atoms with E-state index >= 15 is 0 Å². The van der Waals surface area contributed by atoms with Gasteiger partial charge in [0.1, 0.15) is 12.7 Å². The minimum atomic E-state index is -1.24. The molecule has 0 spiro atoms. The summed E-state index contributed by atoms with van der Waals surface area (Å²) in [5, 5.41) is 0.861. The van der Waals surface area contributed by atoms with Crippen LogP contribution in [0.1, 0.15) is 41.5 Å². The summed E-state index contributed by atoms with van der Waals surface area (Å²) < 4.78 is 11.0. The third kappa shape index (κ3) is 4.48. The Labute approximate surface area is 140 Å². The number of rotatable bonds is 12. The van der Waals surface area contributed by atoms with Gasteiger partial charge in [0.2, 0.25) is 0 Å². The molecular weight excluding hydrogens is 304 g/mol. The van der Waals surface area contributed by atoms with Gasteiger partial charge in [-0.15, -0.1) is 0 Å². The van der Waals surface area contributed by atoms with E-state index in [9.17, 15) is 0 Å². The summed E-state index contributed by atoms with van der Waals surface area (Å²) in [6, 6.07) is 8.47. The van der Waals surface area contributed by atoms with Crippen molar-refractivity contribution < 1.29 is 9.47 Å². The topological polar surface area (TPSA) is 21.8 Å². The fraction of sp³-hybridized carbons (Fsp3) is 0.889. The van der Waals surface area contributed by atoms with Crippen molar-refractivity contribution in [2.24, 2.45) is 0 Å². The molecule has 0 N–H and O–H groups in total. The second-order valence-electron chi connectivity index (χ2n) is 6.94. The molecule has 0 aromatic heterocycles. The lowest BCUT2D eigenvalue weighted by Crippen LogP contribution is -2.51. The fourth-order valence-corrected chi connectivity index (χ4v) is 19.8. The van der Waals surface area contributed by atoms with Crippen LogP contribution in [0.15, 0.2) is 12.3 Å². The van der Waals surface area contributed by atoms with E-state index < -0.39 is 16.1 Å². The van der Waals surface area contributed by atoms with Crippen molar-refractivity contribution in [2.75, 3.05) is 13.2 Å². The Morgan fingerprint density at radius 2 is 1.32 bits per heavy atom. The minimum Gasteiger partial charge on any atom is -0.499 e. The van der Waals surface area contributed by atoms with E-state index in [1.165, 1.54) is 36.3 Å². The molecule has 0 aromatic rings. The number of hydrogen-bond acceptors (Lipinski definition) is 2. The van der Waals surface area contributed by atoms with Gasteiger partial charge in [0.15, 0.2) is 0 Å². The van der Waals surface area contributed by atoms with Crippen molar-refractivity contribution in [1.82, 2.24) is 0 Å². The summed E-state index contributed by atoms with van der Waals surface area (Å²) in [7, 11) is -2.49. The van der Waals surface area contributed by atoms with E-state index in [0.717, 1.165) is 18.4 Å². The van der Waals surface area contributed by atoms with Gasteiger partial charge >= 0.3 is 0 Å². The largest absolute Gasteiger partial charge is 0.499 e. The van der Waals surface area contributed by atoms with Gasteiger partial charge in [-0.25, -0.2) is 0 Å². The fourth-order valence-electron chi connectivity index (χ4n) is 4.34. The molecule has 1 rings (SSSR count). The average molecular weight is 343 g/mol. The number of epoxide rings is 1. The molecule has 22 heavy (non-hydrogen) atoms. The Bertz CT molecular complexity index is 295. The zero-order valence-corrected chi connectivity index (χ0v) is 17.8. The van der Waals surface area contributed by atoms with Crippen molar-refractivity contribution in [2.45, 2.75) is 89.1 Å². The van der Waals surface area contributed by atoms with Gasteiger partial charge in [-0.3, -0.25) is 0 Å². The lowest BCUT2D eigenvalue weighted by Gasteiger charge is -2.46. The third-order valence-corrected chi connectivity index (χ3v) is 21.7. The molecular formula is C18H38O2Si2. The SMILES string of the molecule is CC[Si](CC)(CC)C(/C=C\OCC1CO1)[Si](CC)(CC)CC. The van der Waals surface area contributed by atoms with Crippen LogP contribution in [-0.2, 0) is 9.47 Å². The van der Waals surface area contributed by atoms with Crippen molar-refractivity contribution in [3.8, 4) is 0 Å². The number of hydrogen-bond donors (Lipinski definition) is 0. The van der Waals surface area contributed by atoms with Crippen LogP contribution in [0.4, 0.5) is 0 Å². The molecule has 130 valence electrons. The van der Waals surface area contributed by atoms with E-state index in [2.05, 4.69) is 47.6 Å². The molecule has 0 aliphatic carbocycles. The van der Waals surface area contributed by atoms with E-state index in [1.54, 1.807) is 0 Å². The van der Waals surface area contributed by atoms with Crippen LogP contribution in [0.2, 0.25) is 41.4 Å². The van der Waals surface area contributed by atoms with Crippen LogP contribution >= 0.6 is 0 Å². The lowest BCUT2D eigenvalue weighted by molar-refractivity contribution is 0.212. The Balaban J connectivity index is 3.00. The molecule has 1 aliphatic heterocycles. The van der Waals surface area contributed by atoms with Crippen LogP contribution < -0.4 is 0 Å². The quantitative estimate of drug-likeness (QED) is 0.252. The molecule has 0 saturated carbocycles. The van der Waals surface area contributed by atoms with Crippen LogP contribution in [-0.4, -0.2) is 35.5 Å². The Hall–Kier alpha value is -0.0662. The Kier molecular flexibility index (Phi) is 8.43. The minimum absolute atomic E-state index is 0.360. The highest BCUT2D eigenvalue weighted by Gasteiger charge is 2.46. The van der Waals surface area contributed by atoms with Crippen LogP contribution in [0.25, 0.3) is 0 Å². The second-order valence-corrected chi connectivity index (χ2v) is 18.5. The molecule has 0 radical (unpaired) electrons. The maximum absolute atomic E-state index is 5.78. The maximum Gasteiger partial charge on any atom is 0.116 e. The zero-order chi connectivity index (χ0) is 16.6. The van der Waals surface area contributed by atoms with Gasteiger partial charge in [-0.05, 0) is 5.16 Å². The average Bonchev–Trinajstić information content (AvgIpc) is 3.39. The van der Waals surface area contributed by atoms with Crippen molar-refractivity contribution in [3.05, 3.63) is 12.3 Å². The molecule has 1 heterocycles. The van der Waals surface area contributed by atoms with E-state index in [1.807, 2.05) is 6.26 Å². The first kappa shape index (κ1) is 20.0. The number of allylic oxidation sites excluding steroid dienone is 1. The highest BCUT2D eigenvalue weighted by molar-refractivity contribution is 7.00. The van der Waals surface area contributed by atoms with Gasteiger partial charge < -0.3 is 9.47 Å². The summed E-state index contributed by atoms with van der Waals surface area (Å²) in [5.74, 6) is 0. The molecule has 1 atom stereocenters. The molecule has 1 unspecified atom stereocenters. The second kappa shape index (κ2) is 9.28. The lowest BCUT2D eigenvalue weighted by atomic mass is 10.5. The van der Waals surface area contributed by atoms with Gasteiger partial charge in [0.25, 0.3) is 0 Å². The molecule has 0 bridgehead atoms. The molecule has 0 aromatic carbocycles. The highest BCUT2D eigenvalue weighted by atomic mass is 28.4. The van der Waals surface area contributed by atoms with Gasteiger partial charge in [0, 0.05) is 0 Å². The number of ether oxygens (including phenoxy) is 2. The third-order valence-electron chi connectivity index (χ3n) is 6.60. The summed E-state index contributed by atoms with van der Waals surface area (Å²) in [6.07, 6.45) is 4.91. The zero-order valence-electron chi connectivity index (χ0n) is 15.8. The Morgan fingerprint density at radius 3 is 1.64 bits per heavy atom. The van der Waals surface area contributed by atoms with Gasteiger partial charge in [-0.1, -0.05) is 83.9 Å². The smallest absolute Gasteiger partial charge is 0.116 e. The molecule has 1 fully saturated rings. The first-order valence-corrected chi connectivity index (χ1v) is 14.9. The van der Waals surface area contributed by atoms with Gasteiger partial charge in [-0.2, -0.15) is 0 Å². The predicted molar refractivity (Wildman–Crippen MR) is 103 cm³/mol. The summed E-state index contributed by atoms with van der Waals surface area (Å²) in [6.45, 7) is 16.3. The summed E-state index contributed by atoms with van der Waals surface area (Å²) in [4.78, 5) is 0. The summed E-state index contributed by atoms with van der Waals surface area (Å²) in [5.41, 5.74) is 0. The van der Waals surface area contributed by atoms with Crippen LogP contribution in [0.5, 0.6) is 0 Å². The normalized spacial score (nSPS) is 19.1. The molecule has 2 nitrogen and oxygen atoms in total. The van der Waals surface area contributed by atoms with Gasteiger partial charge in [0.05, 0.1) is 29.0 Å². The standard InChI is InChI=1S/C18H38O2Si2/c1-7-21(8-2,9-3)18(22(10-4,11-5)12-6)13-14-19-15-17-16-20-17/h13-14,17-18H,7-12,15-16H2,1-6H3/b14-13-. The molecule has 0 amide bonds. The van der Waals surface area contributed by atoms with Crippen LogP contribution in [0.3, 0.4) is 0 Å². The molecule has 1 aliphatic rings.